The summed E-state index contributed by atoms with van der Waals surface area (Å²) in [6, 6.07) is 5.99. The van der Waals surface area contributed by atoms with Crippen molar-refractivity contribution in [3.05, 3.63) is 29.8 Å². The standard InChI is InChI=1S/C7H8O3S.C3H7NO/c1-6-2-4-7(5-3-6)11(8,9)10;1-2-5-3-4-1/h2-5H,1H3,(H,8,9,10);4H,1-3H2. The molecule has 0 amide bonds. The van der Waals surface area contributed by atoms with E-state index in [1.807, 2.05) is 6.92 Å². The van der Waals surface area contributed by atoms with Gasteiger partial charge in [0.25, 0.3) is 10.1 Å². The van der Waals surface area contributed by atoms with Gasteiger partial charge < -0.3 is 4.74 Å². The van der Waals surface area contributed by atoms with Crippen LogP contribution in [-0.2, 0) is 14.9 Å². The third kappa shape index (κ3) is 4.71. The van der Waals surface area contributed by atoms with Crippen molar-refractivity contribution in [3.8, 4) is 0 Å². The lowest BCUT2D eigenvalue weighted by Crippen LogP contribution is -2.05. The fraction of sp³-hybridized carbons (Fsp3) is 0.400. The summed E-state index contributed by atoms with van der Waals surface area (Å²) in [7, 11) is -4.02. The molecule has 0 aromatic heterocycles. The first kappa shape index (κ1) is 13.1. The molecule has 1 fully saturated rings. The third-order valence-electron chi connectivity index (χ3n) is 1.95. The van der Waals surface area contributed by atoms with Gasteiger partial charge in [-0.15, -0.1) is 0 Å². The van der Waals surface area contributed by atoms with Crippen LogP contribution in [0, 0.1) is 6.92 Å². The number of ether oxygens (including phenoxy) is 1. The van der Waals surface area contributed by atoms with E-state index in [4.69, 9.17) is 9.29 Å². The first-order valence-electron chi connectivity index (χ1n) is 4.83. The van der Waals surface area contributed by atoms with Crippen LogP contribution in [0.5, 0.6) is 0 Å². The van der Waals surface area contributed by atoms with E-state index in [1.165, 1.54) is 12.1 Å². The molecule has 1 aliphatic rings. The fourth-order valence-corrected chi connectivity index (χ4v) is 1.55. The minimum absolute atomic E-state index is 0.0666. The largest absolute Gasteiger partial charge is 0.365 e. The number of benzene rings is 1. The summed E-state index contributed by atoms with van der Waals surface area (Å²) in [5.41, 5.74) is 0.956. The average Bonchev–Trinajstić information content (AvgIpc) is 2.74. The molecule has 0 spiro atoms. The van der Waals surface area contributed by atoms with Gasteiger partial charge in [-0.25, -0.2) is 0 Å². The first-order valence-corrected chi connectivity index (χ1v) is 6.27. The number of hydrogen-bond donors (Lipinski definition) is 2. The van der Waals surface area contributed by atoms with Crippen LogP contribution >= 0.6 is 0 Å². The van der Waals surface area contributed by atoms with Crippen LogP contribution in [0.3, 0.4) is 0 Å². The zero-order chi connectivity index (χ0) is 12.0. The Kier molecular flexibility index (Phi) is 4.88. The van der Waals surface area contributed by atoms with Crippen molar-refractivity contribution < 1.29 is 17.7 Å². The summed E-state index contributed by atoms with van der Waals surface area (Å²) < 4.78 is 34.4. The highest BCUT2D eigenvalue weighted by Gasteiger charge is 2.06. The highest BCUT2D eigenvalue weighted by atomic mass is 32.2. The Morgan fingerprint density at radius 1 is 1.31 bits per heavy atom. The maximum atomic E-state index is 10.5. The summed E-state index contributed by atoms with van der Waals surface area (Å²) in [6.45, 7) is 4.51. The molecule has 5 nitrogen and oxygen atoms in total. The van der Waals surface area contributed by atoms with E-state index in [0.717, 1.165) is 25.4 Å². The van der Waals surface area contributed by atoms with E-state index in [1.54, 1.807) is 12.1 Å². The van der Waals surface area contributed by atoms with Gasteiger partial charge in [-0.3, -0.25) is 9.87 Å². The van der Waals surface area contributed by atoms with E-state index in [0.29, 0.717) is 0 Å². The van der Waals surface area contributed by atoms with Crippen molar-refractivity contribution in [1.82, 2.24) is 5.32 Å². The summed E-state index contributed by atoms with van der Waals surface area (Å²) in [4.78, 5) is -0.0666. The normalized spacial score (nSPS) is 15.4. The molecule has 6 heteroatoms. The molecule has 0 aliphatic carbocycles. The molecule has 0 atom stereocenters. The fourth-order valence-electron chi connectivity index (χ4n) is 1.07. The molecule has 1 aliphatic heterocycles. The molecular formula is C10H15NO4S. The molecule has 0 unspecified atom stereocenters. The highest BCUT2D eigenvalue weighted by molar-refractivity contribution is 7.85. The summed E-state index contributed by atoms with van der Waals surface area (Å²) >= 11 is 0. The van der Waals surface area contributed by atoms with Crippen molar-refractivity contribution in [2.24, 2.45) is 0 Å². The quantitative estimate of drug-likeness (QED) is 0.716. The molecule has 16 heavy (non-hydrogen) atoms. The molecule has 90 valence electrons. The third-order valence-corrected chi connectivity index (χ3v) is 2.81. The summed E-state index contributed by atoms with van der Waals surface area (Å²) in [5.74, 6) is 0. The van der Waals surface area contributed by atoms with Gasteiger partial charge in [-0.05, 0) is 19.1 Å². The molecule has 1 saturated heterocycles. The molecule has 0 saturated carbocycles. The number of rotatable bonds is 1. The summed E-state index contributed by atoms with van der Waals surface area (Å²) in [6.07, 6.45) is 0. The van der Waals surface area contributed by atoms with Crippen molar-refractivity contribution in [3.63, 3.8) is 0 Å². The van der Waals surface area contributed by atoms with E-state index >= 15 is 0 Å². The van der Waals surface area contributed by atoms with Gasteiger partial charge >= 0.3 is 0 Å². The second-order valence-corrected chi connectivity index (χ2v) is 4.76. The SMILES string of the molecule is C1COCN1.Cc1ccc(S(=O)(=O)O)cc1. The van der Waals surface area contributed by atoms with Crippen LogP contribution in [0.1, 0.15) is 5.56 Å². The average molecular weight is 245 g/mol. The van der Waals surface area contributed by atoms with Crippen LogP contribution in [0.2, 0.25) is 0 Å². The highest BCUT2D eigenvalue weighted by Crippen LogP contribution is 2.08. The Bertz CT molecular complexity index is 401. The van der Waals surface area contributed by atoms with Gasteiger partial charge in [0.2, 0.25) is 0 Å². The minimum Gasteiger partial charge on any atom is -0.365 e. The lowest BCUT2D eigenvalue weighted by Gasteiger charge is -1.95. The molecule has 0 radical (unpaired) electrons. The van der Waals surface area contributed by atoms with Gasteiger partial charge in [-0.2, -0.15) is 8.42 Å². The van der Waals surface area contributed by atoms with Crippen LogP contribution in [0.25, 0.3) is 0 Å². The Hall–Kier alpha value is -0.950. The predicted octanol–water partition coefficient (Wildman–Crippen LogP) is 0.805. The van der Waals surface area contributed by atoms with Crippen molar-refractivity contribution in [2.45, 2.75) is 11.8 Å². The van der Waals surface area contributed by atoms with Gasteiger partial charge in [0.05, 0.1) is 18.2 Å². The number of hydrogen-bond acceptors (Lipinski definition) is 4. The summed E-state index contributed by atoms with van der Waals surface area (Å²) in [5, 5.41) is 3.00. The van der Waals surface area contributed by atoms with Crippen LogP contribution in [0.15, 0.2) is 29.2 Å². The van der Waals surface area contributed by atoms with Gasteiger partial charge in [-0.1, -0.05) is 17.7 Å². The van der Waals surface area contributed by atoms with Crippen LogP contribution < -0.4 is 5.32 Å². The Morgan fingerprint density at radius 3 is 2.25 bits per heavy atom. The van der Waals surface area contributed by atoms with Crippen LogP contribution in [-0.4, -0.2) is 32.9 Å². The zero-order valence-electron chi connectivity index (χ0n) is 9.01. The van der Waals surface area contributed by atoms with Crippen LogP contribution in [0.4, 0.5) is 0 Å². The molecular weight excluding hydrogens is 230 g/mol. The second-order valence-electron chi connectivity index (χ2n) is 3.34. The van der Waals surface area contributed by atoms with E-state index in [9.17, 15) is 8.42 Å². The number of nitrogens with one attached hydrogen (secondary N) is 1. The Balaban J connectivity index is 0.000000212. The molecule has 0 bridgehead atoms. The molecule has 1 heterocycles. The molecule has 2 rings (SSSR count). The topological polar surface area (TPSA) is 75.6 Å². The monoisotopic (exact) mass is 245 g/mol. The van der Waals surface area contributed by atoms with Gasteiger partial charge in [0.1, 0.15) is 0 Å². The van der Waals surface area contributed by atoms with Crippen molar-refractivity contribution >= 4 is 10.1 Å². The van der Waals surface area contributed by atoms with Crippen molar-refractivity contribution in [1.29, 1.82) is 0 Å². The second kappa shape index (κ2) is 5.95. The predicted molar refractivity (Wildman–Crippen MR) is 59.8 cm³/mol. The molecule has 1 aromatic carbocycles. The number of aryl methyl sites for hydroxylation is 1. The molecule has 2 N–H and O–H groups in total. The Morgan fingerprint density at radius 2 is 1.94 bits per heavy atom. The van der Waals surface area contributed by atoms with E-state index in [-0.39, 0.29) is 4.90 Å². The van der Waals surface area contributed by atoms with E-state index < -0.39 is 10.1 Å². The Labute approximate surface area is 95.2 Å². The smallest absolute Gasteiger partial charge is 0.294 e. The zero-order valence-corrected chi connectivity index (χ0v) is 9.83. The maximum absolute atomic E-state index is 10.5. The van der Waals surface area contributed by atoms with E-state index in [2.05, 4.69) is 5.32 Å². The maximum Gasteiger partial charge on any atom is 0.294 e. The van der Waals surface area contributed by atoms with Crippen molar-refractivity contribution in [2.75, 3.05) is 19.9 Å². The van der Waals surface area contributed by atoms with Gasteiger partial charge in [0, 0.05) is 6.54 Å². The minimum atomic E-state index is -4.02. The lowest BCUT2D eigenvalue weighted by atomic mass is 10.2. The van der Waals surface area contributed by atoms with Gasteiger partial charge in [0.15, 0.2) is 0 Å². The molecule has 1 aromatic rings. The first-order chi connectivity index (χ1) is 7.50. The lowest BCUT2D eigenvalue weighted by molar-refractivity contribution is 0.194.